The van der Waals surface area contributed by atoms with E-state index in [9.17, 15) is 39.0 Å². The third kappa shape index (κ3) is 15.6. The summed E-state index contributed by atoms with van der Waals surface area (Å²) in [6.45, 7) is 14.6. The van der Waals surface area contributed by atoms with Crippen molar-refractivity contribution in [1.82, 2.24) is 20.5 Å². The summed E-state index contributed by atoms with van der Waals surface area (Å²) in [7, 11) is 0. The highest BCUT2D eigenvalue weighted by Crippen LogP contribution is 2.38. The van der Waals surface area contributed by atoms with Crippen molar-refractivity contribution in [2.75, 3.05) is 38.0 Å². The molecule has 2 unspecified atom stereocenters. The lowest BCUT2D eigenvalue weighted by atomic mass is 9.89. The number of benzene rings is 2. The number of nitrogens with zero attached hydrogens (tertiary/aromatic N) is 1. The lowest BCUT2D eigenvalue weighted by Gasteiger charge is -2.21. The van der Waals surface area contributed by atoms with Gasteiger partial charge >= 0.3 is 17.9 Å². The molecule has 5 rings (SSSR count). The molecular weight excluding hydrogens is 883 g/mol. The number of esters is 3. The quantitative estimate of drug-likeness (QED) is 0.0185. The number of nitrogens with one attached hydrogen (secondary N) is 4. The van der Waals surface area contributed by atoms with E-state index in [-0.39, 0.29) is 48.7 Å². The van der Waals surface area contributed by atoms with Gasteiger partial charge in [0.05, 0.1) is 36.2 Å². The number of carbonyl (C=O) groups excluding carboxylic acids is 6. The molecule has 0 radical (unpaired) electrons. The van der Waals surface area contributed by atoms with Crippen molar-refractivity contribution in [2.45, 2.75) is 117 Å². The van der Waals surface area contributed by atoms with Crippen molar-refractivity contribution < 1.29 is 53.2 Å². The molecule has 0 saturated heterocycles. The molecule has 69 heavy (non-hydrogen) atoms. The normalized spacial score (nSPS) is 19.1. The van der Waals surface area contributed by atoms with Gasteiger partial charge < -0.3 is 50.3 Å². The maximum absolute atomic E-state index is 13.2. The molecule has 1 aliphatic heterocycles. The number of H-pyrrole nitrogens is 1. The Morgan fingerprint density at radius 2 is 1.64 bits per heavy atom. The fraction of sp³-hybridized carbons (Fsp3) is 0.472. The number of unbranched alkanes of at least 4 members (excludes halogenated alkanes) is 1. The molecular formula is C53H69N5O11. The number of hydrogen-bond acceptors (Lipinski definition) is 12. The Labute approximate surface area is 404 Å². The van der Waals surface area contributed by atoms with Gasteiger partial charge in [-0.05, 0) is 107 Å². The van der Waals surface area contributed by atoms with E-state index >= 15 is 0 Å². The minimum absolute atomic E-state index is 0.0131. The molecule has 16 nitrogen and oxygen atoms in total. The standard InChI is InChI=1S/C53H69N5O11/c1-7-54-47(61)20-16-11-10-15-19-39-40(46(60)32-45(39)59)23-21-37(29-36-17-13-12-14-18-36)68-49(63)26-25-48(62)67-35(6)53(66)69-38-22-24-43-41(30-38)42(51(64)57-43)31-44-33(4)50(34(5)56-44)52(65)55-27-28-58(8-2)9-3/h10,12-15,17-18,21-24,30-31,35,37,39-40,45-46,56,59-60H,7-9,11,16,19-20,25-29,32H2,1-6H3,(H,54,61)(H,55,65)(H,57,64)/b15-10-,23-21+,42-31-/t35?,37?,39-,40-,45+,46-/m1/s1. The van der Waals surface area contributed by atoms with Crippen LogP contribution in [0.5, 0.6) is 5.75 Å². The third-order valence-electron chi connectivity index (χ3n) is 12.5. The van der Waals surface area contributed by atoms with Gasteiger partial charge in [-0.2, -0.15) is 0 Å². The molecule has 2 aromatic carbocycles. The first kappa shape index (κ1) is 53.6. The van der Waals surface area contributed by atoms with Gasteiger partial charge in [0, 0.05) is 67.5 Å². The number of fused-ring (bicyclic) bond motifs is 1. The number of aromatic nitrogens is 1. The molecule has 2 aliphatic rings. The number of ether oxygens (including phenoxy) is 3. The van der Waals surface area contributed by atoms with Crippen LogP contribution in [-0.2, 0) is 39.9 Å². The Balaban J connectivity index is 1.15. The van der Waals surface area contributed by atoms with Crippen LogP contribution < -0.4 is 20.7 Å². The first-order valence-electron chi connectivity index (χ1n) is 24.1. The number of allylic oxidation sites excluding steroid dienone is 2. The van der Waals surface area contributed by atoms with Crippen molar-refractivity contribution in [3.63, 3.8) is 0 Å². The third-order valence-corrected chi connectivity index (χ3v) is 12.5. The van der Waals surface area contributed by atoms with Crippen LogP contribution >= 0.6 is 0 Å². The topological polar surface area (TPSA) is 226 Å². The number of aliphatic hydroxyl groups is 2. The molecule has 3 aromatic rings. The van der Waals surface area contributed by atoms with E-state index in [1.165, 1.54) is 19.1 Å². The van der Waals surface area contributed by atoms with Crippen molar-refractivity contribution >= 4 is 53.0 Å². The number of amides is 3. The zero-order valence-electron chi connectivity index (χ0n) is 40.7. The monoisotopic (exact) mass is 951 g/mol. The van der Waals surface area contributed by atoms with Gasteiger partial charge in [-0.1, -0.05) is 62.4 Å². The second-order valence-corrected chi connectivity index (χ2v) is 17.5. The van der Waals surface area contributed by atoms with E-state index in [1.807, 2.05) is 56.3 Å². The van der Waals surface area contributed by atoms with Gasteiger partial charge in [0.15, 0.2) is 6.10 Å². The molecule has 1 aliphatic carbocycles. The first-order valence-corrected chi connectivity index (χ1v) is 24.1. The number of hydrogen-bond donors (Lipinski definition) is 6. The second-order valence-electron chi connectivity index (χ2n) is 17.5. The fourth-order valence-electron chi connectivity index (χ4n) is 8.66. The zero-order chi connectivity index (χ0) is 50.0. The Kier molecular flexibility index (Phi) is 20.5. The average molecular weight is 952 g/mol. The van der Waals surface area contributed by atoms with E-state index in [1.54, 1.807) is 31.2 Å². The Morgan fingerprint density at radius 1 is 0.913 bits per heavy atom. The maximum Gasteiger partial charge on any atom is 0.352 e. The molecule has 3 amide bonds. The van der Waals surface area contributed by atoms with Crippen LogP contribution in [0, 0.1) is 25.7 Å². The Hall–Kier alpha value is -6.36. The number of rotatable bonds is 25. The molecule has 6 N–H and O–H groups in total. The number of anilines is 1. The van der Waals surface area contributed by atoms with Gasteiger partial charge in [0.1, 0.15) is 11.9 Å². The van der Waals surface area contributed by atoms with Crippen molar-refractivity contribution in [2.24, 2.45) is 11.8 Å². The zero-order valence-corrected chi connectivity index (χ0v) is 40.7. The molecule has 16 heteroatoms. The average Bonchev–Trinajstić information content (AvgIpc) is 3.89. The molecule has 6 atom stereocenters. The summed E-state index contributed by atoms with van der Waals surface area (Å²) in [5.74, 6) is -3.51. The molecule has 1 saturated carbocycles. The maximum atomic E-state index is 13.2. The van der Waals surface area contributed by atoms with E-state index in [0.29, 0.717) is 84.5 Å². The van der Waals surface area contributed by atoms with Crippen LogP contribution in [0.25, 0.3) is 11.6 Å². The largest absolute Gasteiger partial charge is 0.458 e. The van der Waals surface area contributed by atoms with Gasteiger partial charge in [-0.15, -0.1) is 0 Å². The predicted molar refractivity (Wildman–Crippen MR) is 263 cm³/mol. The Bertz CT molecular complexity index is 2350. The van der Waals surface area contributed by atoms with Crippen LogP contribution in [-0.4, -0.2) is 113 Å². The van der Waals surface area contributed by atoms with Crippen LogP contribution in [0.2, 0.25) is 0 Å². The molecule has 0 bridgehead atoms. The summed E-state index contributed by atoms with van der Waals surface area (Å²) in [6.07, 6.45) is 7.71. The van der Waals surface area contributed by atoms with Crippen molar-refractivity contribution in [1.29, 1.82) is 0 Å². The van der Waals surface area contributed by atoms with Gasteiger partial charge in [0.25, 0.3) is 11.8 Å². The van der Waals surface area contributed by atoms with E-state index < -0.39 is 48.2 Å². The van der Waals surface area contributed by atoms with E-state index in [2.05, 4.69) is 39.7 Å². The molecule has 1 aromatic heterocycles. The summed E-state index contributed by atoms with van der Waals surface area (Å²) in [5, 5.41) is 30.3. The van der Waals surface area contributed by atoms with Crippen LogP contribution in [0.1, 0.15) is 111 Å². The minimum atomic E-state index is -1.34. The van der Waals surface area contributed by atoms with Crippen LogP contribution in [0.15, 0.2) is 72.8 Å². The van der Waals surface area contributed by atoms with Crippen LogP contribution in [0.4, 0.5) is 5.69 Å². The van der Waals surface area contributed by atoms with E-state index in [0.717, 1.165) is 25.2 Å². The second kappa shape index (κ2) is 26.4. The van der Waals surface area contributed by atoms with E-state index in [4.69, 9.17) is 14.2 Å². The summed E-state index contributed by atoms with van der Waals surface area (Å²) in [4.78, 5) is 82.7. The fourth-order valence-corrected chi connectivity index (χ4v) is 8.66. The minimum Gasteiger partial charge on any atom is -0.458 e. The van der Waals surface area contributed by atoms with Crippen molar-refractivity contribution in [3.8, 4) is 5.75 Å². The summed E-state index contributed by atoms with van der Waals surface area (Å²) >= 11 is 0. The Morgan fingerprint density at radius 3 is 2.35 bits per heavy atom. The summed E-state index contributed by atoms with van der Waals surface area (Å²) in [5.41, 5.74) is 4.57. The summed E-state index contributed by atoms with van der Waals surface area (Å²) < 4.78 is 16.7. The highest BCUT2D eigenvalue weighted by molar-refractivity contribution is 6.35. The van der Waals surface area contributed by atoms with Crippen LogP contribution in [0.3, 0.4) is 0 Å². The van der Waals surface area contributed by atoms with Gasteiger partial charge in [0.2, 0.25) is 5.91 Å². The predicted octanol–water partition coefficient (Wildman–Crippen LogP) is 6.13. The number of carbonyl (C=O) groups is 6. The smallest absolute Gasteiger partial charge is 0.352 e. The number of likely N-dealkylation sites (N-methyl/N-ethyl adjacent to an activating group) is 1. The highest BCUT2D eigenvalue weighted by Gasteiger charge is 2.39. The number of aromatic amines is 1. The first-order chi connectivity index (χ1) is 33.1. The molecule has 0 spiro atoms. The van der Waals surface area contributed by atoms with Gasteiger partial charge in [-0.3, -0.25) is 24.0 Å². The number of aliphatic hydroxyl groups excluding tert-OH is 2. The highest BCUT2D eigenvalue weighted by atomic mass is 16.6. The van der Waals surface area contributed by atoms with Crippen molar-refractivity contribution in [3.05, 3.63) is 106 Å². The molecule has 372 valence electrons. The summed E-state index contributed by atoms with van der Waals surface area (Å²) in [6, 6.07) is 14.0. The SMILES string of the molecule is CCNC(=O)CCC/C=C\C[C@@H]1[C@@H](/C=C/C(Cc2ccccc2)OC(=O)CCC(=O)OC(C)C(=O)Oc2ccc3c(c2)/C(=C/c2[nH]c(C)c(C(=O)NCCN(CC)CC)c2C)C(=O)N3)[C@H](O)C[C@@H]1O. The lowest BCUT2D eigenvalue weighted by molar-refractivity contribution is -0.162. The van der Waals surface area contributed by atoms with Gasteiger partial charge in [-0.25, -0.2) is 4.79 Å². The molecule has 2 heterocycles. The lowest BCUT2D eigenvalue weighted by Crippen LogP contribution is -2.35. The molecule has 1 fully saturated rings. The number of aryl methyl sites for hydroxylation is 1.